The molecule has 2 aliphatic rings. The van der Waals surface area contributed by atoms with Crippen LogP contribution in [-0.4, -0.2) is 46.3 Å². The Morgan fingerprint density at radius 1 is 1.21 bits per heavy atom. The van der Waals surface area contributed by atoms with Crippen LogP contribution in [0.15, 0.2) is 0 Å². The number of hydrogen-bond donors (Lipinski definition) is 2. The number of hydrogen-bond acceptors (Lipinski definition) is 3. The average Bonchev–Trinajstić information content (AvgIpc) is 2.77. The fraction of sp³-hybridized carbons (Fsp3) is 0.933. The molecule has 0 aromatic rings. The highest BCUT2D eigenvalue weighted by Crippen LogP contribution is 2.36. The van der Waals surface area contributed by atoms with Crippen molar-refractivity contribution in [2.24, 2.45) is 11.3 Å². The maximum atomic E-state index is 11.3. The van der Waals surface area contributed by atoms with Gasteiger partial charge < -0.3 is 10.2 Å². The van der Waals surface area contributed by atoms with Gasteiger partial charge in [0.05, 0.1) is 11.5 Å². The quantitative estimate of drug-likeness (QED) is 0.820. The van der Waals surface area contributed by atoms with Gasteiger partial charge in [-0.3, -0.25) is 9.69 Å². The second-order valence-electron chi connectivity index (χ2n) is 6.88. The van der Waals surface area contributed by atoms with Crippen LogP contribution >= 0.6 is 0 Å². The second kappa shape index (κ2) is 5.80. The molecular weight excluding hydrogens is 242 g/mol. The average molecular weight is 269 g/mol. The predicted octanol–water partition coefficient (Wildman–Crippen LogP) is 2.11. The van der Waals surface area contributed by atoms with Crippen molar-refractivity contribution in [3.63, 3.8) is 0 Å². The van der Waals surface area contributed by atoms with Crippen LogP contribution < -0.4 is 0 Å². The van der Waals surface area contributed by atoms with Crippen molar-refractivity contribution < 1.29 is 15.0 Å². The summed E-state index contributed by atoms with van der Waals surface area (Å²) in [4.78, 5) is 13.6. The summed E-state index contributed by atoms with van der Waals surface area (Å²) in [6, 6.07) is 0.383. The maximum Gasteiger partial charge on any atom is 0.310 e. The Morgan fingerprint density at radius 3 is 2.53 bits per heavy atom. The number of nitrogens with zero attached hydrogens (tertiary/aromatic N) is 1. The number of rotatable bonds is 4. The molecule has 2 N–H and O–H groups in total. The minimum atomic E-state index is -0.734. The topological polar surface area (TPSA) is 60.8 Å². The van der Waals surface area contributed by atoms with Crippen molar-refractivity contribution in [3.8, 4) is 0 Å². The first-order chi connectivity index (χ1) is 8.92. The number of aliphatic hydroxyl groups is 1. The van der Waals surface area contributed by atoms with Gasteiger partial charge in [-0.1, -0.05) is 12.8 Å². The SMILES string of the molecule is CC(C)(CN1CCCC1C1CCCCC1O)C(=O)O. The summed E-state index contributed by atoms with van der Waals surface area (Å²) >= 11 is 0. The largest absolute Gasteiger partial charge is 0.481 e. The molecule has 110 valence electrons. The molecule has 4 heteroatoms. The minimum absolute atomic E-state index is 0.188. The van der Waals surface area contributed by atoms with E-state index in [4.69, 9.17) is 0 Å². The minimum Gasteiger partial charge on any atom is -0.481 e. The van der Waals surface area contributed by atoms with Crippen molar-refractivity contribution in [2.45, 2.75) is 64.5 Å². The summed E-state index contributed by atoms with van der Waals surface area (Å²) in [6.07, 6.45) is 6.39. The predicted molar refractivity (Wildman–Crippen MR) is 74.0 cm³/mol. The van der Waals surface area contributed by atoms with Crippen molar-refractivity contribution in [1.29, 1.82) is 0 Å². The fourth-order valence-electron chi connectivity index (χ4n) is 3.70. The lowest BCUT2D eigenvalue weighted by Gasteiger charge is -2.39. The van der Waals surface area contributed by atoms with Crippen molar-refractivity contribution in [3.05, 3.63) is 0 Å². The molecule has 0 bridgehead atoms. The molecule has 2 rings (SSSR count). The van der Waals surface area contributed by atoms with Gasteiger partial charge in [-0.15, -0.1) is 0 Å². The van der Waals surface area contributed by atoms with E-state index in [1.165, 1.54) is 6.42 Å². The van der Waals surface area contributed by atoms with Gasteiger partial charge in [0.2, 0.25) is 0 Å². The van der Waals surface area contributed by atoms with Gasteiger partial charge in [0, 0.05) is 18.5 Å². The van der Waals surface area contributed by atoms with Crippen molar-refractivity contribution in [1.82, 2.24) is 4.90 Å². The summed E-state index contributed by atoms with van der Waals surface area (Å²) in [5, 5.41) is 19.5. The van der Waals surface area contributed by atoms with E-state index >= 15 is 0 Å². The third-order valence-electron chi connectivity index (χ3n) is 4.87. The molecule has 0 spiro atoms. The van der Waals surface area contributed by atoms with E-state index in [9.17, 15) is 15.0 Å². The van der Waals surface area contributed by atoms with Crippen LogP contribution in [0, 0.1) is 11.3 Å². The summed E-state index contributed by atoms with van der Waals surface area (Å²) < 4.78 is 0. The van der Waals surface area contributed by atoms with Crippen LogP contribution in [-0.2, 0) is 4.79 Å². The second-order valence-corrected chi connectivity index (χ2v) is 6.88. The highest BCUT2D eigenvalue weighted by atomic mass is 16.4. The van der Waals surface area contributed by atoms with Gasteiger partial charge in [0.15, 0.2) is 0 Å². The van der Waals surface area contributed by atoms with Crippen LogP contribution in [0.1, 0.15) is 52.4 Å². The van der Waals surface area contributed by atoms with Gasteiger partial charge in [0.1, 0.15) is 0 Å². The van der Waals surface area contributed by atoms with Gasteiger partial charge in [-0.25, -0.2) is 0 Å². The highest BCUT2D eigenvalue weighted by molar-refractivity contribution is 5.73. The Bertz CT molecular complexity index is 329. The summed E-state index contributed by atoms with van der Waals surface area (Å²) in [5.41, 5.74) is -0.706. The lowest BCUT2D eigenvalue weighted by molar-refractivity contribution is -0.148. The van der Waals surface area contributed by atoms with E-state index in [1.807, 2.05) is 0 Å². The number of carbonyl (C=O) groups is 1. The summed E-state index contributed by atoms with van der Waals surface area (Å²) in [7, 11) is 0. The molecule has 1 saturated carbocycles. The molecule has 19 heavy (non-hydrogen) atoms. The molecule has 4 nitrogen and oxygen atoms in total. The van der Waals surface area contributed by atoms with E-state index < -0.39 is 11.4 Å². The Balaban J connectivity index is 2.02. The van der Waals surface area contributed by atoms with Crippen molar-refractivity contribution >= 4 is 5.97 Å². The summed E-state index contributed by atoms with van der Waals surface area (Å²) in [6.45, 7) is 5.16. The zero-order chi connectivity index (χ0) is 14.0. The molecule has 0 aromatic heterocycles. The summed E-state index contributed by atoms with van der Waals surface area (Å²) in [5.74, 6) is -0.386. The number of carboxylic acids is 1. The molecule has 0 amide bonds. The molecular formula is C15H27NO3. The molecule has 3 atom stereocenters. The van der Waals surface area contributed by atoms with Crippen LogP contribution in [0.3, 0.4) is 0 Å². The first-order valence-corrected chi connectivity index (χ1v) is 7.57. The Hall–Kier alpha value is -0.610. The molecule has 0 radical (unpaired) electrons. The van der Waals surface area contributed by atoms with E-state index in [0.29, 0.717) is 18.5 Å². The number of likely N-dealkylation sites (tertiary alicyclic amines) is 1. The molecule has 1 aliphatic heterocycles. The standard InChI is InChI=1S/C15H27NO3/c1-15(2,14(18)19)10-16-9-5-7-12(16)11-6-3-4-8-13(11)17/h11-13,17H,3-10H2,1-2H3,(H,18,19). The number of carboxylic acid groups (broad SMARTS) is 1. The Labute approximate surface area is 115 Å². The smallest absolute Gasteiger partial charge is 0.310 e. The van der Waals surface area contributed by atoms with E-state index in [1.54, 1.807) is 13.8 Å². The van der Waals surface area contributed by atoms with Crippen LogP contribution in [0.25, 0.3) is 0 Å². The molecule has 1 aliphatic carbocycles. The maximum absolute atomic E-state index is 11.3. The van der Waals surface area contributed by atoms with E-state index in [0.717, 1.165) is 38.6 Å². The normalized spacial score (nSPS) is 33.5. The van der Waals surface area contributed by atoms with Gasteiger partial charge in [-0.05, 0) is 46.1 Å². The van der Waals surface area contributed by atoms with Gasteiger partial charge in [0.25, 0.3) is 0 Å². The molecule has 1 heterocycles. The fourth-order valence-corrected chi connectivity index (χ4v) is 3.70. The van der Waals surface area contributed by atoms with Crippen LogP contribution in [0.5, 0.6) is 0 Å². The van der Waals surface area contributed by atoms with Gasteiger partial charge in [-0.2, -0.15) is 0 Å². The zero-order valence-electron chi connectivity index (χ0n) is 12.1. The molecule has 2 fully saturated rings. The van der Waals surface area contributed by atoms with Gasteiger partial charge >= 0.3 is 5.97 Å². The molecule has 1 saturated heterocycles. The van der Waals surface area contributed by atoms with Crippen LogP contribution in [0.4, 0.5) is 0 Å². The molecule has 0 aromatic carbocycles. The van der Waals surface area contributed by atoms with Crippen molar-refractivity contribution in [2.75, 3.05) is 13.1 Å². The number of aliphatic carboxylic acids is 1. The lowest BCUT2D eigenvalue weighted by Crippen LogP contribution is -2.47. The van der Waals surface area contributed by atoms with Crippen LogP contribution in [0.2, 0.25) is 0 Å². The molecule has 3 unspecified atom stereocenters. The first-order valence-electron chi connectivity index (χ1n) is 7.57. The highest BCUT2D eigenvalue weighted by Gasteiger charge is 2.40. The monoisotopic (exact) mass is 269 g/mol. The third kappa shape index (κ3) is 3.29. The Kier molecular flexibility index (Phi) is 4.51. The third-order valence-corrected chi connectivity index (χ3v) is 4.87. The number of aliphatic hydroxyl groups excluding tert-OH is 1. The lowest BCUT2D eigenvalue weighted by atomic mass is 9.80. The van der Waals surface area contributed by atoms with E-state index in [2.05, 4.69) is 4.90 Å². The zero-order valence-corrected chi connectivity index (χ0v) is 12.1. The first kappa shape index (κ1) is 14.8. The Morgan fingerprint density at radius 2 is 1.89 bits per heavy atom. The van der Waals surface area contributed by atoms with E-state index in [-0.39, 0.29) is 6.10 Å².